The Bertz CT molecular complexity index is 993. The first-order valence-corrected chi connectivity index (χ1v) is 9.82. The Morgan fingerprint density at radius 3 is 2.56 bits per heavy atom. The molecule has 5 nitrogen and oxygen atoms in total. The van der Waals surface area contributed by atoms with Crippen molar-refractivity contribution in [3.05, 3.63) is 90.0 Å². The van der Waals surface area contributed by atoms with Crippen LogP contribution in [0.2, 0.25) is 0 Å². The smallest absolute Gasteiger partial charge is 0.241 e. The van der Waals surface area contributed by atoms with E-state index < -0.39 is 21.9 Å². The van der Waals surface area contributed by atoms with Crippen LogP contribution in [0.1, 0.15) is 24.1 Å². The van der Waals surface area contributed by atoms with Gasteiger partial charge in [-0.3, -0.25) is 4.98 Å². The maximum absolute atomic E-state index is 13.3. The Balaban J connectivity index is 1.64. The first kappa shape index (κ1) is 19.0. The lowest BCUT2D eigenvalue weighted by Gasteiger charge is -2.15. The highest BCUT2D eigenvalue weighted by atomic mass is 32.2. The van der Waals surface area contributed by atoms with Gasteiger partial charge < -0.3 is 4.74 Å². The Hall–Kier alpha value is -2.77. The lowest BCUT2D eigenvalue weighted by molar-refractivity contribution is 0.305. The molecule has 1 aromatic heterocycles. The van der Waals surface area contributed by atoms with E-state index in [0.717, 1.165) is 17.2 Å². The lowest BCUT2D eigenvalue weighted by Crippen LogP contribution is -2.26. The number of hydrogen-bond donors (Lipinski definition) is 1. The molecule has 1 N–H and O–H groups in total. The zero-order valence-corrected chi connectivity index (χ0v) is 15.5. The van der Waals surface area contributed by atoms with E-state index in [1.54, 1.807) is 43.6 Å². The molecule has 0 saturated heterocycles. The van der Waals surface area contributed by atoms with Gasteiger partial charge in [0.1, 0.15) is 18.2 Å². The zero-order chi connectivity index (χ0) is 19.3. The summed E-state index contributed by atoms with van der Waals surface area (Å²) < 4.78 is 46.3. The minimum atomic E-state index is -3.81. The molecule has 0 amide bonds. The van der Waals surface area contributed by atoms with E-state index in [1.165, 1.54) is 18.2 Å². The molecule has 0 fully saturated rings. The number of nitrogens with one attached hydrogen (secondary N) is 1. The van der Waals surface area contributed by atoms with Gasteiger partial charge >= 0.3 is 0 Å². The van der Waals surface area contributed by atoms with Crippen molar-refractivity contribution in [2.45, 2.75) is 24.5 Å². The molecule has 0 radical (unpaired) electrons. The number of halogens is 1. The number of hydrogen-bond acceptors (Lipinski definition) is 4. The van der Waals surface area contributed by atoms with E-state index in [1.807, 2.05) is 12.1 Å². The molecular weight excluding hydrogens is 367 g/mol. The molecule has 0 aliphatic rings. The molecular formula is C20H19FN2O3S. The maximum Gasteiger partial charge on any atom is 0.241 e. The van der Waals surface area contributed by atoms with Gasteiger partial charge in [-0.25, -0.2) is 17.5 Å². The van der Waals surface area contributed by atoms with Crippen molar-refractivity contribution in [3.63, 3.8) is 0 Å². The van der Waals surface area contributed by atoms with Crippen LogP contribution < -0.4 is 9.46 Å². The number of pyridine rings is 1. The summed E-state index contributed by atoms with van der Waals surface area (Å²) in [6.07, 6.45) is 3.43. The van der Waals surface area contributed by atoms with Crippen LogP contribution >= 0.6 is 0 Å². The molecule has 0 unspecified atom stereocenters. The number of ether oxygens (including phenoxy) is 1. The maximum atomic E-state index is 13.3. The van der Waals surface area contributed by atoms with Crippen molar-refractivity contribution in [1.82, 2.24) is 9.71 Å². The first-order valence-electron chi connectivity index (χ1n) is 8.33. The summed E-state index contributed by atoms with van der Waals surface area (Å²) in [4.78, 5) is 3.92. The van der Waals surface area contributed by atoms with Gasteiger partial charge in [0.2, 0.25) is 10.0 Å². The number of aromatic nitrogens is 1. The summed E-state index contributed by atoms with van der Waals surface area (Å²) in [5, 5.41) is 0. The average molecular weight is 386 g/mol. The average Bonchev–Trinajstić information content (AvgIpc) is 2.67. The van der Waals surface area contributed by atoms with Crippen LogP contribution in [-0.4, -0.2) is 13.4 Å². The van der Waals surface area contributed by atoms with E-state index >= 15 is 0 Å². The molecule has 0 saturated carbocycles. The van der Waals surface area contributed by atoms with E-state index in [4.69, 9.17) is 4.74 Å². The number of nitrogens with zero attached hydrogens (tertiary/aromatic N) is 1. The molecule has 7 heteroatoms. The summed E-state index contributed by atoms with van der Waals surface area (Å²) in [5.74, 6) is 0.0726. The fourth-order valence-electron chi connectivity index (χ4n) is 2.51. The quantitative estimate of drug-likeness (QED) is 0.670. The second-order valence-corrected chi connectivity index (χ2v) is 7.73. The molecule has 3 rings (SSSR count). The zero-order valence-electron chi connectivity index (χ0n) is 14.7. The van der Waals surface area contributed by atoms with Gasteiger partial charge in [0.15, 0.2) is 0 Å². The highest BCUT2D eigenvalue weighted by Gasteiger charge is 2.18. The second kappa shape index (κ2) is 8.28. The molecule has 0 aliphatic heterocycles. The highest BCUT2D eigenvalue weighted by Crippen LogP contribution is 2.21. The summed E-state index contributed by atoms with van der Waals surface area (Å²) in [7, 11) is -3.81. The fourth-order valence-corrected chi connectivity index (χ4v) is 3.77. The first-order chi connectivity index (χ1) is 12.9. The molecule has 0 bridgehead atoms. The van der Waals surface area contributed by atoms with Crippen LogP contribution in [0.4, 0.5) is 4.39 Å². The van der Waals surface area contributed by atoms with Crippen LogP contribution in [0.5, 0.6) is 5.75 Å². The van der Waals surface area contributed by atoms with E-state index in [-0.39, 0.29) is 4.90 Å². The molecule has 27 heavy (non-hydrogen) atoms. The van der Waals surface area contributed by atoms with Crippen LogP contribution in [-0.2, 0) is 16.6 Å². The normalized spacial score (nSPS) is 12.5. The van der Waals surface area contributed by atoms with Crippen LogP contribution in [0, 0.1) is 5.82 Å². The van der Waals surface area contributed by atoms with E-state index in [9.17, 15) is 12.8 Å². The van der Waals surface area contributed by atoms with Crippen molar-refractivity contribution in [2.24, 2.45) is 0 Å². The molecule has 1 atom stereocenters. The second-order valence-electron chi connectivity index (χ2n) is 6.02. The van der Waals surface area contributed by atoms with Crippen molar-refractivity contribution >= 4 is 10.0 Å². The molecule has 140 valence electrons. The summed E-state index contributed by atoms with van der Waals surface area (Å²) in [6.45, 7) is 2.12. The molecule has 0 aliphatic carbocycles. The summed E-state index contributed by atoms with van der Waals surface area (Å²) >= 11 is 0. The van der Waals surface area contributed by atoms with Gasteiger partial charge in [-0.2, -0.15) is 0 Å². The van der Waals surface area contributed by atoms with E-state index in [2.05, 4.69) is 9.71 Å². The highest BCUT2D eigenvalue weighted by molar-refractivity contribution is 7.89. The Kier molecular flexibility index (Phi) is 5.83. The lowest BCUT2D eigenvalue weighted by atomic mass is 10.1. The molecule has 3 aromatic rings. The SMILES string of the molecule is C[C@@H](NS(=O)(=O)c1cccc(F)c1)c1ccc(OCc2cccnc2)cc1. The third kappa shape index (κ3) is 5.12. The number of benzene rings is 2. The van der Waals surface area contributed by atoms with Crippen molar-refractivity contribution in [3.8, 4) is 5.75 Å². The third-order valence-electron chi connectivity index (χ3n) is 3.95. The van der Waals surface area contributed by atoms with Crippen LogP contribution in [0.25, 0.3) is 0 Å². The number of sulfonamides is 1. The monoisotopic (exact) mass is 386 g/mol. The van der Waals surface area contributed by atoms with Gasteiger partial charge in [0.05, 0.1) is 4.90 Å². The summed E-state index contributed by atoms with van der Waals surface area (Å²) in [5.41, 5.74) is 1.72. The van der Waals surface area contributed by atoms with Crippen LogP contribution in [0.15, 0.2) is 78.0 Å². The van der Waals surface area contributed by atoms with Gasteiger partial charge in [-0.15, -0.1) is 0 Å². The summed E-state index contributed by atoms with van der Waals surface area (Å²) in [6, 6.07) is 15.3. The van der Waals surface area contributed by atoms with Gasteiger partial charge in [0.25, 0.3) is 0 Å². The predicted molar refractivity (Wildman–Crippen MR) is 100 cm³/mol. The van der Waals surface area contributed by atoms with Gasteiger partial charge in [0, 0.05) is 24.0 Å². The molecule has 1 heterocycles. The minimum absolute atomic E-state index is 0.106. The van der Waals surface area contributed by atoms with E-state index in [0.29, 0.717) is 12.4 Å². The molecule has 0 spiro atoms. The van der Waals surface area contributed by atoms with Crippen LogP contribution in [0.3, 0.4) is 0 Å². The third-order valence-corrected chi connectivity index (χ3v) is 5.49. The van der Waals surface area contributed by atoms with Crippen molar-refractivity contribution in [2.75, 3.05) is 0 Å². The predicted octanol–water partition coefficient (Wildman–Crippen LogP) is 3.84. The standard InChI is InChI=1S/C20H19FN2O3S/c1-15(23-27(24,25)20-6-2-5-18(21)12-20)17-7-9-19(10-8-17)26-14-16-4-3-11-22-13-16/h2-13,15,23H,14H2,1H3/t15-/m1/s1. The Morgan fingerprint density at radius 1 is 1.11 bits per heavy atom. The minimum Gasteiger partial charge on any atom is -0.489 e. The Labute approximate surface area is 157 Å². The largest absolute Gasteiger partial charge is 0.489 e. The fraction of sp³-hybridized carbons (Fsp3) is 0.150. The van der Waals surface area contributed by atoms with Gasteiger partial charge in [-0.1, -0.05) is 24.3 Å². The topological polar surface area (TPSA) is 68.3 Å². The van der Waals surface area contributed by atoms with Gasteiger partial charge in [-0.05, 0) is 48.9 Å². The Morgan fingerprint density at radius 2 is 1.89 bits per heavy atom. The number of rotatable bonds is 7. The van der Waals surface area contributed by atoms with Crippen molar-refractivity contribution < 1.29 is 17.5 Å². The molecule has 2 aromatic carbocycles. The van der Waals surface area contributed by atoms with Crippen molar-refractivity contribution in [1.29, 1.82) is 0 Å².